The van der Waals surface area contributed by atoms with Gasteiger partial charge < -0.3 is 15.4 Å². The molecule has 0 saturated carbocycles. The molecule has 1 amide bonds. The molecule has 1 aliphatic rings. The molecular weight excluding hydrogens is 266 g/mol. The maximum atomic E-state index is 12.3. The van der Waals surface area contributed by atoms with Gasteiger partial charge in [0.1, 0.15) is 0 Å². The Bertz CT molecular complexity index is 267. The molecule has 5 nitrogen and oxygen atoms in total. The molecule has 114 valence electrons. The van der Waals surface area contributed by atoms with Crippen molar-refractivity contribution in [3.8, 4) is 0 Å². The van der Waals surface area contributed by atoms with Gasteiger partial charge in [-0.05, 0) is 27.7 Å². The number of morpholine rings is 1. The maximum Gasteiger partial charge on any atom is 0.237 e. The Balaban J connectivity index is 0.00000324. The molecule has 1 atom stereocenters. The molecule has 1 unspecified atom stereocenters. The summed E-state index contributed by atoms with van der Waals surface area (Å²) in [6.07, 6.45) is 0.0677. The van der Waals surface area contributed by atoms with Gasteiger partial charge in [-0.3, -0.25) is 9.69 Å². The zero-order valence-corrected chi connectivity index (χ0v) is 13.3. The van der Waals surface area contributed by atoms with Crippen molar-refractivity contribution in [3.05, 3.63) is 0 Å². The second-order valence-electron chi connectivity index (χ2n) is 5.45. The molecule has 0 bridgehead atoms. The number of nitrogens with two attached hydrogens (primary N) is 1. The first kappa shape index (κ1) is 18.6. The van der Waals surface area contributed by atoms with Crippen molar-refractivity contribution >= 4 is 18.3 Å². The van der Waals surface area contributed by atoms with E-state index in [9.17, 15) is 4.79 Å². The molecule has 19 heavy (non-hydrogen) atoms. The van der Waals surface area contributed by atoms with Gasteiger partial charge in [-0.15, -0.1) is 12.4 Å². The van der Waals surface area contributed by atoms with Crippen LogP contribution in [-0.2, 0) is 9.53 Å². The molecule has 1 heterocycles. The van der Waals surface area contributed by atoms with E-state index in [0.717, 1.165) is 13.1 Å². The highest BCUT2D eigenvalue weighted by Crippen LogP contribution is 2.09. The second kappa shape index (κ2) is 8.74. The number of rotatable bonds is 5. The molecule has 0 radical (unpaired) electrons. The summed E-state index contributed by atoms with van der Waals surface area (Å²) in [7, 11) is 0. The van der Waals surface area contributed by atoms with E-state index in [4.69, 9.17) is 10.5 Å². The van der Waals surface area contributed by atoms with E-state index in [1.54, 1.807) is 0 Å². The van der Waals surface area contributed by atoms with Gasteiger partial charge in [-0.1, -0.05) is 0 Å². The lowest BCUT2D eigenvalue weighted by molar-refractivity contribution is -0.137. The number of carbonyl (C=O) groups excluding carboxylic acids is 1. The van der Waals surface area contributed by atoms with E-state index >= 15 is 0 Å². The lowest BCUT2D eigenvalue weighted by Gasteiger charge is -2.36. The van der Waals surface area contributed by atoms with Crippen molar-refractivity contribution in [1.82, 2.24) is 9.80 Å². The lowest BCUT2D eigenvalue weighted by atomic mass is 10.2. The quantitative estimate of drug-likeness (QED) is 0.811. The van der Waals surface area contributed by atoms with Crippen LogP contribution in [0.3, 0.4) is 0 Å². The summed E-state index contributed by atoms with van der Waals surface area (Å²) >= 11 is 0. The third-order valence-electron chi connectivity index (χ3n) is 3.25. The van der Waals surface area contributed by atoms with Crippen LogP contribution in [0.1, 0.15) is 27.7 Å². The Morgan fingerprint density at radius 2 is 1.95 bits per heavy atom. The van der Waals surface area contributed by atoms with Crippen molar-refractivity contribution in [2.75, 3.05) is 32.8 Å². The number of amides is 1. The zero-order chi connectivity index (χ0) is 13.7. The van der Waals surface area contributed by atoms with Crippen LogP contribution in [0.5, 0.6) is 0 Å². The molecule has 0 aromatic heterocycles. The van der Waals surface area contributed by atoms with Crippen LogP contribution in [0.25, 0.3) is 0 Å². The highest BCUT2D eigenvalue weighted by Gasteiger charge is 2.25. The van der Waals surface area contributed by atoms with Crippen LogP contribution in [-0.4, -0.2) is 66.7 Å². The summed E-state index contributed by atoms with van der Waals surface area (Å²) in [5, 5.41) is 0. The maximum absolute atomic E-state index is 12.3. The Morgan fingerprint density at radius 3 is 2.42 bits per heavy atom. The van der Waals surface area contributed by atoms with Crippen LogP contribution >= 0.6 is 12.4 Å². The van der Waals surface area contributed by atoms with Crippen LogP contribution in [0.15, 0.2) is 0 Å². The highest BCUT2D eigenvalue weighted by atomic mass is 35.5. The Morgan fingerprint density at radius 1 is 1.37 bits per heavy atom. The largest absolute Gasteiger partial charge is 0.374 e. The number of hydrogen-bond donors (Lipinski definition) is 1. The minimum atomic E-state index is 0. The van der Waals surface area contributed by atoms with Gasteiger partial charge in [0.25, 0.3) is 0 Å². The van der Waals surface area contributed by atoms with E-state index < -0.39 is 0 Å². The van der Waals surface area contributed by atoms with Crippen molar-refractivity contribution in [1.29, 1.82) is 0 Å². The number of ether oxygens (including phenoxy) is 1. The predicted octanol–water partition coefficient (Wildman–Crippen LogP) is 0.713. The molecule has 1 fully saturated rings. The molecule has 2 N–H and O–H groups in total. The molecule has 1 aliphatic heterocycles. The van der Waals surface area contributed by atoms with E-state index in [0.29, 0.717) is 19.7 Å². The van der Waals surface area contributed by atoms with Crippen LogP contribution in [0, 0.1) is 0 Å². The van der Waals surface area contributed by atoms with Gasteiger partial charge in [0.05, 0.1) is 19.3 Å². The van der Waals surface area contributed by atoms with E-state index in [1.807, 2.05) is 4.90 Å². The molecule has 0 aromatic carbocycles. The lowest BCUT2D eigenvalue weighted by Crippen LogP contribution is -2.52. The summed E-state index contributed by atoms with van der Waals surface area (Å²) in [4.78, 5) is 16.4. The summed E-state index contributed by atoms with van der Waals surface area (Å²) < 4.78 is 5.50. The zero-order valence-electron chi connectivity index (χ0n) is 12.5. The van der Waals surface area contributed by atoms with E-state index in [2.05, 4.69) is 32.6 Å². The smallest absolute Gasteiger partial charge is 0.237 e. The predicted molar refractivity (Wildman–Crippen MR) is 79.6 cm³/mol. The first-order chi connectivity index (χ1) is 8.45. The van der Waals surface area contributed by atoms with Gasteiger partial charge in [0.2, 0.25) is 5.91 Å². The molecular formula is C13H28ClN3O2. The number of halogens is 1. The van der Waals surface area contributed by atoms with Crippen LogP contribution < -0.4 is 5.73 Å². The Kier molecular flexibility index (Phi) is 8.57. The molecule has 1 rings (SSSR count). The first-order valence-corrected chi connectivity index (χ1v) is 6.80. The first-order valence-electron chi connectivity index (χ1n) is 6.80. The summed E-state index contributed by atoms with van der Waals surface area (Å²) in [5.74, 6) is 0.192. The van der Waals surface area contributed by atoms with Crippen molar-refractivity contribution in [2.45, 2.75) is 45.9 Å². The molecule has 1 saturated heterocycles. The average molecular weight is 294 g/mol. The van der Waals surface area contributed by atoms with Gasteiger partial charge in [-0.2, -0.15) is 0 Å². The summed E-state index contributed by atoms with van der Waals surface area (Å²) in [6.45, 7) is 11.4. The Labute approximate surface area is 122 Å². The van der Waals surface area contributed by atoms with Crippen LogP contribution in [0.2, 0.25) is 0 Å². The highest BCUT2D eigenvalue weighted by molar-refractivity contribution is 5.85. The minimum absolute atomic E-state index is 0. The minimum Gasteiger partial charge on any atom is -0.374 e. The van der Waals surface area contributed by atoms with Gasteiger partial charge in [0.15, 0.2) is 0 Å². The van der Waals surface area contributed by atoms with Crippen LogP contribution in [0.4, 0.5) is 0 Å². The number of hydrogen-bond acceptors (Lipinski definition) is 4. The fourth-order valence-corrected chi connectivity index (χ4v) is 2.51. The standard InChI is InChI=1S/C13H27N3O2.ClH/c1-10(2)16(11(3)4)13(17)9-15-5-6-18-12(7-14)8-15;/h10-12H,5-9,14H2,1-4H3;1H. The molecule has 0 spiro atoms. The summed E-state index contributed by atoms with van der Waals surface area (Å²) in [5.41, 5.74) is 5.61. The van der Waals surface area contributed by atoms with Gasteiger partial charge in [-0.25, -0.2) is 0 Å². The molecule has 0 aromatic rings. The monoisotopic (exact) mass is 293 g/mol. The third-order valence-corrected chi connectivity index (χ3v) is 3.25. The molecule has 6 heteroatoms. The van der Waals surface area contributed by atoms with Crippen molar-refractivity contribution < 1.29 is 9.53 Å². The average Bonchev–Trinajstić information content (AvgIpc) is 2.28. The second-order valence-corrected chi connectivity index (χ2v) is 5.45. The molecule has 0 aliphatic carbocycles. The van der Waals surface area contributed by atoms with Crippen molar-refractivity contribution in [2.24, 2.45) is 5.73 Å². The van der Waals surface area contributed by atoms with Gasteiger partial charge >= 0.3 is 0 Å². The van der Waals surface area contributed by atoms with Gasteiger partial charge in [0, 0.05) is 31.7 Å². The SMILES string of the molecule is CC(C)N(C(=O)CN1CCOC(CN)C1)C(C)C.Cl. The Hall–Kier alpha value is -0.360. The van der Waals surface area contributed by atoms with E-state index in [-0.39, 0.29) is 36.5 Å². The fraction of sp³-hybridized carbons (Fsp3) is 0.923. The summed E-state index contributed by atoms with van der Waals surface area (Å²) in [6, 6.07) is 0.479. The number of carbonyl (C=O) groups is 1. The van der Waals surface area contributed by atoms with Crippen molar-refractivity contribution in [3.63, 3.8) is 0 Å². The van der Waals surface area contributed by atoms with E-state index in [1.165, 1.54) is 0 Å². The fourth-order valence-electron chi connectivity index (χ4n) is 2.51. The normalized spacial score (nSPS) is 20.5. The third kappa shape index (κ3) is 5.65. The number of nitrogens with zero attached hydrogens (tertiary/aromatic N) is 2. The topological polar surface area (TPSA) is 58.8 Å².